The summed E-state index contributed by atoms with van der Waals surface area (Å²) in [5, 5.41) is 0. The highest BCUT2D eigenvalue weighted by Crippen LogP contribution is 2.42. The van der Waals surface area contributed by atoms with Crippen LogP contribution in [0.5, 0.6) is 11.5 Å². The highest BCUT2D eigenvalue weighted by Gasteiger charge is 2.28. The number of hydrogen-bond donors (Lipinski definition) is 0. The Kier molecular flexibility index (Phi) is 7.35. The SMILES string of the molecule is CCC(C)C(=O)CC1CCC(CCN2CCC(c3cccc4c3OCO4)CC2)CC1. The molecule has 2 fully saturated rings. The summed E-state index contributed by atoms with van der Waals surface area (Å²) in [5.74, 6) is 4.75. The van der Waals surface area contributed by atoms with Gasteiger partial charge in [-0.3, -0.25) is 4.79 Å². The van der Waals surface area contributed by atoms with Gasteiger partial charge >= 0.3 is 0 Å². The molecule has 2 aliphatic heterocycles. The normalized spacial score (nSPS) is 25.9. The first-order chi connectivity index (χ1) is 14.6. The first kappa shape index (κ1) is 21.7. The van der Waals surface area contributed by atoms with E-state index in [1.165, 1.54) is 70.1 Å². The number of carbonyl (C=O) groups is 1. The quantitative estimate of drug-likeness (QED) is 0.540. The van der Waals surface area contributed by atoms with Crippen molar-refractivity contribution in [3.8, 4) is 11.5 Å². The molecule has 1 aliphatic carbocycles. The molecule has 0 N–H and O–H groups in total. The Labute approximate surface area is 182 Å². The molecule has 4 heteroatoms. The van der Waals surface area contributed by atoms with Crippen LogP contribution in [0.3, 0.4) is 0 Å². The van der Waals surface area contributed by atoms with Crippen LogP contribution in [0.2, 0.25) is 0 Å². The summed E-state index contributed by atoms with van der Waals surface area (Å²) in [5.41, 5.74) is 1.34. The standard InChI is InChI=1S/C26H39NO3/c1-3-19(2)24(28)17-21-9-7-20(8-10-21)11-14-27-15-12-22(13-16-27)23-5-4-6-25-26(23)30-18-29-25/h4-6,19-22H,3,7-18H2,1-2H3. The first-order valence-corrected chi connectivity index (χ1v) is 12.3. The van der Waals surface area contributed by atoms with E-state index in [9.17, 15) is 4.79 Å². The maximum atomic E-state index is 12.2. The van der Waals surface area contributed by atoms with Crippen molar-refractivity contribution in [1.82, 2.24) is 4.90 Å². The number of carbonyl (C=O) groups excluding carboxylic acids is 1. The number of nitrogens with zero attached hydrogens (tertiary/aromatic N) is 1. The number of hydrogen-bond acceptors (Lipinski definition) is 4. The number of benzene rings is 1. The first-order valence-electron chi connectivity index (χ1n) is 12.3. The lowest BCUT2D eigenvalue weighted by Gasteiger charge is -2.34. The van der Waals surface area contributed by atoms with Gasteiger partial charge in [-0.05, 0) is 82.0 Å². The van der Waals surface area contributed by atoms with Crippen LogP contribution >= 0.6 is 0 Å². The average Bonchev–Trinajstić information content (AvgIpc) is 3.27. The van der Waals surface area contributed by atoms with Crippen molar-refractivity contribution >= 4 is 5.78 Å². The minimum atomic E-state index is 0.252. The van der Waals surface area contributed by atoms with E-state index in [2.05, 4.69) is 30.9 Å². The van der Waals surface area contributed by atoms with Crippen molar-refractivity contribution in [2.24, 2.45) is 17.8 Å². The lowest BCUT2D eigenvalue weighted by molar-refractivity contribution is -0.123. The minimum Gasteiger partial charge on any atom is -0.454 e. The van der Waals surface area contributed by atoms with Crippen molar-refractivity contribution < 1.29 is 14.3 Å². The topological polar surface area (TPSA) is 38.8 Å². The monoisotopic (exact) mass is 413 g/mol. The molecule has 1 saturated carbocycles. The van der Waals surface area contributed by atoms with Crippen molar-refractivity contribution in [3.63, 3.8) is 0 Å². The third-order valence-electron chi connectivity index (χ3n) is 7.93. The molecule has 30 heavy (non-hydrogen) atoms. The Balaban J connectivity index is 1.16. The van der Waals surface area contributed by atoms with Gasteiger partial charge < -0.3 is 14.4 Å². The molecule has 166 valence electrons. The second kappa shape index (κ2) is 10.2. The fourth-order valence-corrected chi connectivity index (χ4v) is 5.54. The molecule has 0 spiro atoms. The highest BCUT2D eigenvalue weighted by molar-refractivity contribution is 5.80. The van der Waals surface area contributed by atoms with Gasteiger partial charge in [0.1, 0.15) is 5.78 Å². The zero-order valence-electron chi connectivity index (χ0n) is 18.9. The van der Waals surface area contributed by atoms with Gasteiger partial charge in [0.05, 0.1) is 0 Å². The summed E-state index contributed by atoms with van der Waals surface area (Å²) in [6.45, 7) is 8.18. The second-order valence-electron chi connectivity index (χ2n) is 9.85. The highest BCUT2D eigenvalue weighted by atomic mass is 16.7. The van der Waals surface area contributed by atoms with Gasteiger partial charge in [0.2, 0.25) is 6.79 Å². The van der Waals surface area contributed by atoms with Gasteiger partial charge in [0.15, 0.2) is 11.5 Å². The predicted octanol–water partition coefficient (Wildman–Crippen LogP) is 5.80. The maximum absolute atomic E-state index is 12.2. The van der Waals surface area contributed by atoms with Gasteiger partial charge in [0.25, 0.3) is 0 Å². The summed E-state index contributed by atoms with van der Waals surface area (Å²) in [6, 6.07) is 6.33. The minimum absolute atomic E-state index is 0.252. The van der Waals surface area contributed by atoms with Crippen LogP contribution in [-0.2, 0) is 4.79 Å². The van der Waals surface area contributed by atoms with Gasteiger partial charge in [-0.15, -0.1) is 0 Å². The smallest absolute Gasteiger partial charge is 0.231 e. The van der Waals surface area contributed by atoms with Gasteiger partial charge in [0, 0.05) is 17.9 Å². The van der Waals surface area contributed by atoms with Gasteiger partial charge in [-0.25, -0.2) is 0 Å². The third-order valence-corrected chi connectivity index (χ3v) is 7.93. The molecule has 0 aromatic heterocycles. The summed E-state index contributed by atoms with van der Waals surface area (Å²) < 4.78 is 11.3. The Bertz CT molecular complexity index is 702. The molecule has 1 unspecified atom stereocenters. The molecule has 0 bridgehead atoms. The van der Waals surface area contributed by atoms with Crippen molar-refractivity contribution in [2.75, 3.05) is 26.4 Å². The summed E-state index contributed by atoms with van der Waals surface area (Å²) >= 11 is 0. The van der Waals surface area contributed by atoms with Crippen LogP contribution in [0.25, 0.3) is 0 Å². The van der Waals surface area contributed by atoms with Crippen LogP contribution in [0.1, 0.15) is 83.1 Å². The molecule has 4 nitrogen and oxygen atoms in total. The van der Waals surface area contributed by atoms with Crippen LogP contribution in [0, 0.1) is 17.8 Å². The van der Waals surface area contributed by atoms with Crippen LogP contribution < -0.4 is 9.47 Å². The van der Waals surface area contributed by atoms with E-state index in [1.54, 1.807) is 0 Å². The number of piperidine rings is 1. The van der Waals surface area contributed by atoms with Crippen molar-refractivity contribution in [2.45, 2.75) is 77.6 Å². The molecule has 2 heterocycles. The number of fused-ring (bicyclic) bond motifs is 1. The number of para-hydroxylation sites is 1. The summed E-state index contributed by atoms with van der Waals surface area (Å²) in [4.78, 5) is 14.9. The molecule has 1 saturated heterocycles. The number of rotatable bonds is 8. The zero-order valence-corrected chi connectivity index (χ0v) is 18.9. The molecule has 4 rings (SSSR count). The van der Waals surface area contributed by atoms with Crippen molar-refractivity contribution in [3.05, 3.63) is 23.8 Å². The number of ether oxygens (including phenoxy) is 2. The average molecular weight is 414 g/mol. The number of likely N-dealkylation sites (tertiary alicyclic amines) is 1. The molecule has 0 radical (unpaired) electrons. The van der Waals surface area contributed by atoms with Crippen LogP contribution in [-0.4, -0.2) is 37.1 Å². The van der Waals surface area contributed by atoms with Crippen LogP contribution in [0.4, 0.5) is 0 Å². The molecular formula is C26H39NO3. The third kappa shape index (κ3) is 5.19. The summed E-state index contributed by atoms with van der Waals surface area (Å²) in [7, 11) is 0. The van der Waals surface area contributed by atoms with Gasteiger partial charge in [-0.2, -0.15) is 0 Å². The zero-order chi connectivity index (χ0) is 20.9. The molecule has 1 aromatic carbocycles. The lowest BCUT2D eigenvalue weighted by atomic mass is 9.77. The fraction of sp³-hybridized carbons (Fsp3) is 0.731. The van der Waals surface area contributed by atoms with E-state index in [4.69, 9.17) is 9.47 Å². The largest absolute Gasteiger partial charge is 0.454 e. The van der Waals surface area contributed by atoms with E-state index in [0.717, 1.165) is 30.3 Å². The number of ketones is 1. The van der Waals surface area contributed by atoms with E-state index in [1.807, 2.05) is 6.07 Å². The molecule has 3 aliphatic rings. The van der Waals surface area contributed by atoms with Crippen LogP contribution in [0.15, 0.2) is 18.2 Å². The molecular weight excluding hydrogens is 374 g/mol. The van der Waals surface area contributed by atoms with Crippen molar-refractivity contribution in [1.29, 1.82) is 0 Å². The maximum Gasteiger partial charge on any atom is 0.231 e. The van der Waals surface area contributed by atoms with E-state index in [-0.39, 0.29) is 5.92 Å². The summed E-state index contributed by atoms with van der Waals surface area (Å²) in [6.07, 6.45) is 10.7. The van der Waals surface area contributed by atoms with E-state index >= 15 is 0 Å². The second-order valence-corrected chi connectivity index (χ2v) is 9.85. The Morgan fingerprint density at radius 2 is 1.80 bits per heavy atom. The Morgan fingerprint density at radius 1 is 1.07 bits per heavy atom. The molecule has 1 atom stereocenters. The number of Topliss-reactive ketones (excluding diaryl/α,β-unsaturated/α-hetero) is 1. The molecule has 1 aromatic rings. The predicted molar refractivity (Wildman–Crippen MR) is 120 cm³/mol. The Hall–Kier alpha value is -1.55. The van der Waals surface area contributed by atoms with E-state index in [0.29, 0.717) is 24.4 Å². The molecule has 0 amide bonds. The Morgan fingerprint density at radius 3 is 2.53 bits per heavy atom. The van der Waals surface area contributed by atoms with Gasteiger partial charge in [-0.1, -0.05) is 38.8 Å². The fourth-order valence-electron chi connectivity index (χ4n) is 5.54. The van der Waals surface area contributed by atoms with E-state index < -0.39 is 0 Å². The lowest BCUT2D eigenvalue weighted by Crippen LogP contribution is -2.34.